The average molecular weight is 501 g/mol. The topological polar surface area (TPSA) is 75.1 Å². The van der Waals surface area contributed by atoms with Gasteiger partial charge in [0.05, 0.1) is 16.3 Å². The Morgan fingerprint density at radius 1 is 1.37 bits per heavy atom. The molecule has 0 bridgehead atoms. The Morgan fingerprint density at radius 3 is 2.83 bits per heavy atom. The van der Waals surface area contributed by atoms with Crippen molar-refractivity contribution in [1.82, 2.24) is 9.97 Å². The van der Waals surface area contributed by atoms with Crippen molar-refractivity contribution in [3.63, 3.8) is 0 Å². The summed E-state index contributed by atoms with van der Waals surface area (Å²) < 4.78 is 6.71. The van der Waals surface area contributed by atoms with E-state index in [0.717, 1.165) is 34.3 Å². The summed E-state index contributed by atoms with van der Waals surface area (Å²) in [5.41, 5.74) is 2.18. The first-order chi connectivity index (χ1) is 14.3. The predicted octanol–water partition coefficient (Wildman–Crippen LogP) is 6.82. The Balaban J connectivity index is 1.56. The quantitative estimate of drug-likeness (QED) is 0.290. The van der Waals surface area contributed by atoms with Crippen LogP contribution in [-0.2, 0) is 12.8 Å². The summed E-state index contributed by atoms with van der Waals surface area (Å²) in [6, 6.07) is 6.02. The molecule has 0 spiro atoms. The summed E-state index contributed by atoms with van der Waals surface area (Å²) in [5.74, 6) is 1.25. The highest BCUT2D eigenvalue weighted by atomic mass is 79.9. The maximum absolute atomic E-state index is 9.73. The van der Waals surface area contributed by atoms with Crippen LogP contribution in [0.2, 0.25) is 0 Å². The number of aliphatic imine (C=N–C) groups is 1. The molecule has 1 aliphatic carbocycles. The minimum Gasteiger partial charge on any atom is -0.447 e. The van der Waals surface area contributed by atoms with E-state index in [2.05, 4.69) is 57.7 Å². The number of halogens is 1. The normalized spacial score (nSPS) is 16.6. The first kappa shape index (κ1) is 21.3. The van der Waals surface area contributed by atoms with Crippen LogP contribution in [0, 0.1) is 22.7 Å². The van der Waals surface area contributed by atoms with E-state index in [1.165, 1.54) is 22.2 Å². The first-order valence-corrected chi connectivity index (χ1v) is 12.1. The average Bonchev–Trinajstić information content (AvgIpc) is 3.25. The Labute approximate surface area is 192 Å². The van der Waals surface area contributed by atoms with Gasteiger partial charge in [-0.3, -0.25) is 0 Å². The van der Waals surface area contributed by atoms with Crippen LogP contribution in [0.4, 0.5) is 5.00 Å². The molecule has 0 saturated carbocycles. The van der Waals surface area contributed by atoms with Crippen molar-refractivity contribution in [1.29, 1.82) is 5.26 Å². The van der Waals surface area contributed by atoms with Gasteiger partial charge in [0.1, 0.15) is 16.8 Å². The number of hydrogen-bond donors (Lipinski definition) is 0. The zero-order valence-corrected chi connectivity index (χ0v) is 20.2. The van der Waals surface area contributed by atoms with Crippen LogP contribution in [0.1, 0.15) is 49.0 Å². The van der Waals surface area contributed by atoms with Crippen molar-refractivity contribution in [2.75, 3.05) is 0 Å². The zero-order chi connectivity index (χ0) is 21.3. The van der Waals surface area contributed by atoms with E-state index in [9.17, 15) is 5.26 Å². The van der Waals surface area contributed by atoms with Gasteiger partial charge in [-0.2, -0.15) is 5.26 Å². The van der Waals surface area contributed by atoms with Crippen LogP contribution in [0.5, 0.6) is 0 Å². The van der Waals surface area contributed by atoms with Crippen LogP contribution >= 0.6 is 39.0 Å². The molecular formula is C22H21BrN4OS2. The minimum atomic E-state index is 0.273. The van der Waals surface area contributed by atoms with Gasteiger partial charge in [-0.25, -0.2) is 15.0 Å². The third kappa shape index (κ3) is 4.53. The monoisotopic (exact) mass is 500 g/mol. The third-order valence-corrected chi connectivity index (χ3v) is 8.19. The molecule has 8 heteroatoms. The van der Waals surface area contributed by atoms with Gasteiger partial charge >= 0.3 is 0 Å². The SMILES string of the molecule is CC(C)(C)[C@@H]1CCc2c(sc(N=Cc3cc(Br)c(Sc4ncccn4)o3)c2C#N)C1. The van der Waals surface area contributed by atoms with Crippen LogP contribution < -0.4 is 0 Å². The molecule has 0 aromatic carbocycles. The standard InChI is InChI=1S/C22H21BrN4OS2/c1-22(2,3)13-5-6-15-16(11-24)19(29-18(15)9-13)27-12-14-10-17(23)20(28-14)30-21-25-7-4-8-26-21/h4,7-8,10,12-13H,5-6,9H2,1-3H3/t13-/m1/s1. The van der Waals surface area contributed by atoms with Crippen molar-refractivity contribution in [2.24, 2.45) is 16.3 Å². The Hall–Kier alpha value is -1.95. The second kappa shape index (κ2) is 8.66. The molecule has 4 rings (SSSR count). The van der Waals surface area contributed by atoms with Crippen LogP contribution in [0.25, 0.3) is 0 Å². The summed E-state index contributed by atoms with van der Waals surface area (Å²) in [4.78, 5) is 14.3. The number of aromatic nitrogens is 2. The molecule has 0 fully saturated rings. The van der Waals surface area contributed by atoms with Gasteiger partial charge in [0, 0.05) is 23.3 Å². The maximum Gasteiger partial charge on any atom is 0.195 e. The van der Waals surface area contributed by atoms with Gasteiger partial charge in [-0.1, -0.05) is 20.8 Å². The van der Waals surface area contributed by atoms with Crippen molar-refractivity contribution in [2.45, 2.75) is 50.3 Å². The molecule has 0 radical (unpaired) electrons. The van der Waals surface area contributed by atoms with Crippen molar-refractivity contribution < 1.29 is 4.42 Å². The van der Waals surface area contributed by atoms with Crippen molar-refractivity contribution >= 4 is 50.2 Å². The van der Waals surface area contributed by atoms with Gasteiger partial charge in [-0.15, -0.1) is 11.3 Å². The summed E-state index contributed by atoms with van der Waals surface area (Å²) in [7, 11) is 0. The fraction of sp³-hybridized carbons (Fsp3) is 0.364. The lowest BCUT2D eigenvalue weighted by Gasteiger charge is -2.33. The van der Waals surface area contributed by atoms with E-state index < -0.39 is 0 Å². The van der Waals surface area contributed by atoms with Gasteiger partial charge in [0.25, 0.3) is 0 Å². The molecule has 3 heterocycles. The van der Waals surface area contributed by atoms with Gasteiger partial charge < -0.3 is 4.42 Å². The Kier molecular flexibility index (Phi) is 6.14. The van der Waals surface area contributed by atoms with E-state index in [1.807, 2.05) is 6.07 Å². The fourth-order valence-corrected chi connectivity index (χ4v) is 6.02. The molecule has 0 aliphatic heterocycles. The molecule has 30 heavy (non-hydrogen) atoms. The molecule has 1 atom stereocenters. The molecule has 3 aromatic rings. The van der Waals surface area contributed by atoms with Gasteiger partial charge in [0.15, 0.2) is 10.2 Å². The second-order valence-corrected chi connectivity index (χ2v) is 11.2. The fourth-order valence-electron chi connectivity index (χ4n) is 3.56. The van der Waals surface area contributed by atoms with Gasteiger partial charge in [-0.05, 0) is 69.9 Å². The van der Waals surface area contributed by atoms with E-state index in [-0.39, 0.29) is 5.41 Å². The molecule has 1 aliphatic rings. The van der Waals surface area contributed by atoms with E-state index in [4.69, 9.17) is 4.42 Å². The minimum absolute atomic E-state index is 0.273. The van der Waals surface area contributed by atoms with Crippen LogP contribution in [-0.4, -0.2) is 16.2 Å². The third-order valence-electron chi connectivity index (χ3n) is 5.29. The summed E-state index contributed by atoms with van der Waals surface area (Å²) in [6.07, 6.45) is 8.17. The lowest BCUT2D eigenvalue weighted by atomic mass is 9.72. The molecule has 0 saturated heterocycles. The van der Waals surface area contributed by atoms with Crippen LogP contribution in [0.3, 0.4) is 0 Å². The van der Waals surface area contributed by atoms with Gasteiger partial charge in [0.2, 0.25) is 0 Å². The van der Waals surface area contributed by atoms with Crippen molar-refractivity contribution in [3.05, 3.63) is 50.8 Å². The number of hydrogen-bond acceptors (Lipinski definition) is 7. The lowest BCUT2D eigenvalue weighted by molar-refractivity contribution is 0.218. The smallest absolute Gasteiger partial charge is 0.195 e. The number of thiophene rings is 1. The zero-order valence-electron chi connectivity index (χ0n) is 17.0. The van der Waals surface area contributed by atoms with E-state index in [0.29, 0.717) is 21.9 Å². The summed E-state index contributed by atoms with van der Waals surface area (Å²) >= 11 is 6.50. The summed E-state index contributed by atoms with van der Waals surface area (Å²) in [5, 5.41) is 11.8. The van der Waals surface area contributed by atoms with E-state index >= 15 is 0 Å². The largest absolute Gasteiger partial charge is 0.447 e. The molecule has 0 N–H and O–H groups in total. The highest BCUT2D eigenvalue weighted by Gasteiger charge is 2.32. The highest BCUT2D eigenvalue weighted by molar-refractivity contribution is 9.10. The van der Waals surface area contributed by atoms with Crippen LogP contribution in [0.15, 0.2) is 48.7 Å². The maximum atomic E-state index is 9.73. The highest BCUT2D eigenvalue weighted by Crippen LogP contribution is 2.45. The molecule has 3 aromatic heterocycles. The molecule has 0 amide bonds. The number of furan rings is 1. The van der Waals surface area contributed by atoms with Crippen molar-refractivity contribution in [3.8, 4) is 6.07 Å². The predicted molar refractivity (Wildman–Crippen MR) is 124 cm³/mol. The first-order valence-electron chi connectivity index (χ1n) is 9.68. The number of rotatable bonds is 4. The Bertz CT molecular complexity index is 1120. The number of nitrogens with zero attached hydrogens (tertiary/aromatic N) is 4. The molecule has 5 nitrogen and oxygen atoms in total. The molecule has 0 unspecified atom stereocenters. The lowest BCUT2D eigenvalue weighted by Crippen LogP contribution is -2.26. The number of nitriles is 1. The number of fused-ring (bicyclic) bond motifs is 1. The Morgan fingerprint density at radius 2 is 2.13 bits per heavy atom. The van der Waals surface area contributed by atoms with E-state index in [1.54, 1.807) is 36.0 Å². The molecular weight excluding hydrogens is 480 g/mol. The summed E-state index contributed by atoms with van der Waals surface area (Å²) in [6.45, 7) is 6.89. The second-order valence-electron chi connectivity index (χ2n) is 8.28. The molecule has 154 valence electrons.